The number of rotatable bonds is 13. The third-order valence-corrected chi connectivity index (χ3v) is 3.31. The van der Waals surface area contributed by atoms with Crippen LogP contribution < -0.4 is 0 Å². The van der Waals surface area contributed by atoms with E-state index >= 15 is 0 Å². The summed E-state index contributed by atoms with van der Waals surface area (Å²) in [5, 5.41) is 0. The van der Waals surface area contributed by atoms with E-state index in [0.717, 1.165) is 38.9 Å². The minimum absolute atomic E-state index is 0.142. The number of hydrogen-bond donors (Lipinski definition) is 0. The Morgan fingerprint density at radius 2 is 1.24 bits per heavy atom. The Balaban J connectivity index is 0. The first-order chi connectivity index (χ1) is 11.9. The van der Waals surface area contributed by atoms with Gasteiger partial charge in [-0.25, -0.2) is 0 Å². The Bertz CT molecular complexity index is 319. The van der Waals surface area contributed by atoms with Crippen molar-refractivity contribution in [3.8, 4) is 0 Å². The lowest BCUT2D eigenvalue weighted by molar-refractivity contribution is -0.149. The zero-order valence-electron chi connectivity index (χ0n) is 17.0. The van der Waals surface area contributed by atoms with Gasteiger partial charge in [-0.1, -0.05) is 26.7 Å². The van der Waals surface area contributed by atoms with Gasteiger partial charge in [-0.3, -0.25) is 9.59 Å². The van der Waals surface area contributed by atoms with Crippen molar-refractivity contribution < 1.29 is 28.5 Å². The molecule has 0 aliphatic rings. The van der Waals surface area contributed by atoms with E-state index in [9.17, 15) is 9.59 Å². The van der Waals surface area contributed by atoms with Gasteiger partial charge in [0.15, 0.2) is 0 Å². The van der Waals surface area contributed by atoms with Gasteiger partial charge in [0.05, 0.1) is 38.8 Å². The molecular formula is C19H38O6. The van der Waals surface area contributed by atoms with Crippen molar-refractivity contribution in [1.29, 1.82) is 0 Å². The largest absolute Gasteiger partial charge is 0.469 e. The highest BCUT2D eigenvalue weighted by Gasteiger charge is 2.13. The molecule has 0 aliphatic carbocycles. The lowest BCUT2D eigenvalue weighted by atomic mass is 10.2. The monoisotopic (exact) mass is 362 g/mol. The Morgan fingerprint density at radius 1 is 0.800 bits per heavy atom. The van der Waals surface area contributed by atoms with E-state index in [1.165, 1.54) is 7.11 Å². The van der Waals surface area contributed by atoms with Crippen LogP contribution in [-0.4, -0.2) is 52.1 Å². The van der Waals surface area contributed by atoms with Crippen LogP contribution in [-0.2, 0) is 28.5 Å². The van der Waals surface area contributed by atoms with Crippen LogP contribution in [0.3, 0.4) is 0 Å². The highest BCUT2D eigenvalue weighted by molar-refractivity contribution is 5.72. The van der Waals surface area contributed by atoms with Gasteiger partial charge in [-0.2, -0.15) is 0 Å². The van der Waals surface area contributed by atoms with E-state index < -0.39 is 0 Å². The molecule has 2 atom stereocenters. The van der Waals surface area contributed by atoms with Crippen LogP contribution >= 0.6 is 0 Å². The van der Waals surface area contributed by atoms with Crippen LogP contribution in [0.4, 0.5) is 0 Å². The summed E-state index contributed by atoms with van der Waals surface area (Å²) >= 11 is 0. The molecule has 0 heterocycles. The fourth-order valence-electron chi connectivity index (χ4n) is 1.63. The van der Waals surface area contributed by atoms with E-state index in [2.05, 4.69) is 18.6 Å². The molecule has 2 unspecified atom stereocenters. The predicted octanol–water partition coefficient (Wildman–Crippen LogP) is 3.61. The van der Waals surface area contributed by atoms with Crippen molar-refractivity contribution in [3.05, 3.63) is 0 Å². The molecule has 6 nitrogen and oxygen atoms in total. The van der Waals surface area contributed by atoms with Crippen LogP contribution in [0.15, 0.2) is 0 Å². The van der Waals surface area contributed by atoms with Gasteiger partial charge in [0.2, 0.25) is 0 Å². The summed E-state index contributed by atoms with van der Waals surface area (Å²) in [5.74, 6) is -0.658. The summed E-state index contributed by atoms with van der Waals surface area (Å²) in [6, 6.07) is 0. The number of ether oxygens (including phenoxy) is 4. The minimum atomic E-state index is -0.202. The maximum Gasteiger partial charge on any atom is 0.310 e. The first-order valence-corrected chi connectivity index (χ1v) is 9.34. The second-order valence-electron chi connectivity index (χ2n) is 5.93. The average molecular weight is 363 g/mol. The molecule has 25 heavy (non-hydrogen) atoms. The van der Waals surface area contributed by atoms with Gasteiger partial charge in [-0.15, -0.1) is 0 Å². The Morgan fingerprint density at radius 3 is 1.60 bits per heavy atom. The quantitative estimate of drug-likeness (QED) is 0.368. The van der Waals surface area contributed by atoms with Crippen molar-refractivity contribution >= 4 is 11.9 Å². The fourth-order valence-corrected chi connectivity index (χ4v) is 1.63. The molecule has 6 heteroatoms. The normalized spacial score (nSPS) is 12.6. The highest BCUT2D eigenvalue weighted by atomic mass is 16.5. The van der Waals surface area contributed by atoms with E-state index in [-0.39, 0.29) is 23.8 Å². The second-order valence-corrected chi connectivity index (χ2v) is 5.93. The zero-order valence-corrected chi connectivity index (χ0v) is 17.0. The van der Waals surface area contributed by atoms with E-state index in [1.807, 2.05) is 13.8 Å². The third-order valence-electron chi connectivity index (χ3n) is 3.31. The number of carbonyl (C=O) groups is 2. The van der Waals surface area contributed by atoms with E-state index in [0.29, 0.717) is 19.8 Å². The molecule has 0 aromatic rings. The van der Waals surface area contributed by atoms with Gasteiger partial charge in [0, 0.05) is 13.2 Å². The lowest BCUT2D eigenvalue weighted by Crippen LogP contribution is -2.20. The average Bonchev–Trinajstić information content (AvgIpc) is 2.62. The lowest BCUT2D eigenvalue weighted by Gasteiger charge is -2.10. The number of unbranched alkanes of at least 4 members (excludes halogenated alkanes) is 2. The molecule has 0 radical (unpaired) electrons. The van der Waals surface area contributed by atoms with Crippen LogP contribution in [0, 0.1) is 11.8 Å². The summed E-state index contributed by atoms with van der Waals surface area (Å²) < 4.78 is 20.0. The molecule has 150 valence electrons. The third kappa shape index (κ3) is 17.5. The standard InChI is InChI=1S/C10H20O3.C9H18O3/c1-4-6-7-12-8-9(3)10(11)13-5-2;1-4-5-6-12-7-8(2)9(10)11-3/h9H,4-8H2,1-3H3;8H,4-7H2,1-3H3. The summed E-state index contributed by atoms with van der Waals surface area (Å²) in [4.78, 5) is 22.0. The van der Waals surface area contributed by atoms with Crippen molar-refractivity contribution in [2.75, 3.05) is 40.1 Å². The molecule has 0 saturated carbocycles. The molecule has 0 spiro atoms. The molecule has 0 aromatic carbocycles. The number of methoxy groups -OCH3 is 1. The Kier molecular flexibility index (Phi) is 20.0. The number of hydrogen-bond acceptors (Lipinski definition) is 6. The first-order valence-electron chi connectivity index (χ1n) is 9.34. The maximum absolute atomic E-state index is 11.1. The molecule has 0 rings (SSSR count). The zero-order chi connectivity index (χ0) is 19.5. The maximum atomic E-state index is 11.1. The summed E-state index contributed by atoms with van der Waals surface area (Å²) in [6.07, 6.45) is 4.34. The number of esters is 2. The smallest absolute Gasteiger partial charge is 0.310 e. The van der Waals surface area contributed by atoms with Gasteiger partial charge in [0.1, 0.15) is 0 Å². The fraction of sp³-hybridized carbons (Fsp3) is 0.895. The van der Waals surface area contributed by atoms with Crippen LogP contribution in [0.1, 0.15) is 60.3 Å². The van der Waals surface area contributed by atoms with E-state index in [1.54, 1.807) is 6.92 Å². The molecule has 0 fully saturated rings. The highest BCUT2D eigenvalue weighted by Crippen LogP contribution is 2.01. The van der Waals surface area contributed by atoms with Crippen molar-refractivity contribution in [3.63, 3.8) is 0 Å². The Labute approximate surface area is 153 Å². The van der Waals surface area contributed by atoms with Crippen molar-refractivity contribution in [2.45, 2.75) is 60.3 Å². The molecule has 0 N–H and O–H groups in total. The van der Waals surface area contributed by atoms with Crippen LogP contribution in [0.25, 0.3) is 0 Å². The topological polar surface area (TPSA) is 71.1 Å². The van der Waals surface area contributed by atoms with Gasteiger partial charge in [-0.05, 0) is 33.6 Å². The van der Waals surface area contributed by atoms with Gasteiger partial charge < -0.3 is 18.9 Å². The summed E-state index contributed by atoms with van der Waals surface area (Å²) in [5.41, 5.74) is 0. The predicted molar refractivity (Wildman–Crippen MR) is 98.4 cm³/mol. The molecule has 0 aromatic heterocycles. The SMILES string of the molecule is CCCCOCC(C)C(=O)OC.CCCCOCC(C)C(=O)OCC. The van der Waals surface area contributed by atoms with Crippen LogP contribution in [0.5, 0.6) is 0 Å². The molecule has 0 bridgehead atoms. The molecule has 0 saturated heterocycles. The summed E-state index contributed by atoms with van der Waals surface area (Å²) in [7, 11) is 1.39. The first kappa shape index (κ1) is 26.1. The van der Waals surface area contributed by atoms with Crippen molar-refractivity contribution in [1.82, 2.24) is 0 Å². The van der Waals surface area contributed by atoms with E-state index in [4.69, 9.17) is 14.2 Å². The number of carbonyl (C=O) groups excluding carboxylic acids is 2. The van der Waals surface area contributed by atoms with Crippen LogP contribution in [0.2, 0.25) is 0 Å². The molecule has 0 aliphatic heterocycles. The summed E-state index contributed by atoms with van der Waals surface area (Å²) in [6.45, 7) is 12.5. The second kappa shape index (κ2) is 19.2. The van der Waals surface area contributed by atoms with Gasteiger partial charge >= 0.3 is 11.9 Å². The molecule has 0 amide bonds. The minimum Gasteiger partial charge on any atom is -0.469 e. The molecular weight excluding hydrogens is 324 g/mol. The Hall–Kier alpha value is -1.14. The van der Waals surface area contributed by atoms with Gasteiger partial charge in [0.25, 0.3) is 0 Å². The van der Waals surface area contributed by atoms with Crippen molar-refractivity contribution in [2.24, 2.45) is 11.8 Å².